The number of amides is 1. The molecule has 6 nitrogen and oxygen atoms in total. The van der Waals surface area contributed by atoms with Crippen molar-refractivity contribution in [1.29, 1.82) is 0 Å². The third kappa shape index (κ3) is 1.62. The standard InChI is InChI=1S/C15H10N4O2/c16-15(20)13-12(17-19-18-13)10-6-3-5-9-8-4-1-2-7-11(8)21-14(9)10/h1-7H,(H2,16,20)(H,17,18,19). The zero-order valence-electron chi connectivity index (χ0n) is 10.8. The number of aromatic nitrogens is 3. The first-order chi connectivity index (χ1) is 10.3. The molecule has 4 rings (SSSR count). The lowest BCUT2D eigenvalue weighted by molar-refractivity contribution is 0.0996. The minimum absolute atomic E-state index is 0.1000. The predicted octanol–water partition coefficient (Wildman–Crippen LogP) is 2.47. The Balaban J connectivity index is 2.09. The topological polar surface area (TPSA) is 97.8 Å². The number of furan rings is 1. The summed E-state index contributed by atoms with van der Waals surface area (Å²) in [6, 6.07) is 13.4. The highest BCUT2D eigenvalue weighted by atomic mass is 16.3. The summed E-state index contributed by atoms with van der Waals surface area (Å²) in [6.45, 7) is 0. The van der Waals surface area contributed by atoms with E-state index in [1.165, 1.54) is 0 Å². The van der Waals surface area contributed by atoms with Crippen LogP contribution in [0.2, 0.25) is 0 Å². The number of H-pyrrole nitrogens is 1. The van der Waals surface area contributed by atoms with Gasteiger partial charge in [-0.1, -0.05) is 30.3 Å². The Morgan fingerprint density at radius 3 is 2.71 bits per heavy atom. The number of aromatic amines is 1. The van der Waals surface area contributed by atoms with E-state index in [9.17, 15) is 4.79 Å². The number of nitrogens with two attached hydrogens (primary N) is 1. The lowest BCUT2D eigenvalue weighted by atomic mass is 10.1. The van der Waals surface area contributed by atoms with Crippen LogP contribution in [0.1, 0.15) is 10.5 Å². The highest BCUT2D eigenvalue weighted by Crippen LogP contribution is 2.35. The van der Waals surface area contributed by atoms with Gasteiger partial charge in [0.05, 0.1) is 0 Å². The van der Waals surface area contributed by atoms with Gasteiger partial charge in [0.1, 0.15) is 16.9 Å². The minimum atomic E-state index is -0.633. The number of carbonyl (C=O) groups excluding carboxylic acids is 1. The van der Waals surface area contributed by atoms with Crippen LogP contribution < -0.4 is 5.73 Å². The Kier molecular flexibility index (Phi) is 2.32. The summed E-state index contributed by atoms with van der Waals surface area (Å²) in [5.41, 5.74) is 7.95. The van der Waals surface area contributed by atoms with Crippen LogP contribution in [0.3, 0.4) is 0 Å². The van der Waals surface area contributed by atoms with Crippen molar-refractivity contribution >= 4 is 27.8 Å². The summed E-state index contributed by atoms with van der Waals surface area (Å²) >= 11 is 0. The van der Waals surface area contributed by atoms with Crippen LogP contribution in [0.5, 0.6) is 0 Å². The monoisotopic (exact) mass is 278 g/mol. The maximum Gasteiger partial charge on any atom is 0.271 e. The summed E-state index contributed by atoms with van der Waals surface area (Å²) in [5, 5.41) is 12.2. The summed E-state index contributed by atoms with van der Waals surface area (Å²) in [7, 11) is 0. The van der Waals surface area contributed by atoms with Gasteiger partial charge < -0.3 is 10.2 Å². The van der Waals surface area contributed by atoms with E-state index >= 15 is 0 Å². The first-order valence-corrected chi connectivity index (χ1v) is 6.37. The van der Waals surface area contributed by atoms with Crippen LogP contribution >= 0.6 is 0 Å². The number of fused-ring (bicyclic) bond motifs is 3. The summed E-state index contributed by atoms with van der Waals surface area (Å²) in [4.78, 5) is 11.4. The van der Waals surface area contributed by atoms with Crippen LogP contribution in [0, 0.1) is 0 Å². The molecular weight excluding hydrogens is 268 g/mol. The summed E-state index contributed by atoms with van der Waals surface area (Å²) in [6.07, 6.45) is 0. The van der Waals surface area contributed by atoms with Gasteiger partial charge in [-0.15, -0.1) is 0 Å². The number of primary amides is 1. The van der Waals surface area contributed by atoms with Crippen LogP contribution in [0.4, 0.5) is 0 Å². The Labute approximate surface area is 118 Å². The number of benzene rings is 2. The Morgan fingerprint density at radius 1 is 1.05 bits per heavy atom. The summed E-state index contributed by atoms with van der Waals surface area (Å²) in [5.74, 6) is -0.633. The lowest BCUT2D eigenvalue weighted by Crippen LogP contribution is -2.12. The van der Waals surface area contributed by atoms with E-state index in [2.05, 4.69) is 15.4 Å². The second kappa shape index (κ2) is 4.17. The van der Waals surface area contributed by atoms with Gasteiger partial charge in [-0.25, -0.2) is 0 Å². The molecule has 0 aliphatic carbocycles. The van der Waals surface area contributed by atoms with E-state index in [0.717, 1.165) is 16.4 Å². The maximum atomic E-state index is 11.4. The van der Waals surface area contributed by atoms with Gasteiger partial charge in [-0.2, -0.15) is 15.4 Å². The largest absolute Gasteiger partial charge is 0.455 e. The third-order valence-electron chi connectivity index (χ3n) is 3.44. The molecule has 21 heavy (non-hydrogen) atoms. The number of nitrogens with one attached hydrogen (secondary N) is 1. The number of carbonyl (C=O) groups is 1. The van der Waals surface area contributed by atoms with E-state index in [1.807, 2.05) is 42.5 Å². The molecular formula is C15H10N4O2. The molecule has 3 N–H and O–H groups in total. The normalized spacial score (nSPS) is 11.2. The van der Waals surface area contributed by atoms with Crippen molar-refractivity contribution in [2.75, 3.05) is 0 Å². The second-order valence-electron chi connectivity index (χ2n) is 4.67. The molecule has 2 heterocycles. The van der Waals surface area contributed by atoms with Crippen molar-refractivity contribution in [2.24, 2.45) is 5.73 Å². The average Bonchev–Trinajstić information content (AvgIpc) is 3.11. The molecule has 0 unspecified atom stereocenters. The first kappa shape index (κ1) is 11.7. The van der Waals surface area contributed by atoms with Gasteiger partial charge in [0.2, 0.25) is 0 Å². The molecule has 1 amide bonds. The van der Waals surface area contributed by atoms with Crippen LogP contribution in [-0.2, 0) is 0 Å². The maximum absolute atomic E-state index is 11.4. The third-order valence-corrected chi connectivity index (χ3v) is 3.44. The molecule has 102 valence electrons. The number of para-hydroxylation sites is 2. The van der Waals surface area contributed by atoms with Crippen LogP contribution in [0.15, 0.2) is 46.9 Å². The molecule has 0 spiro atoms. The van der Waals surface area contributed by atoms with E-state index in [-0.39, 0.29) is 5.69 Å². The van der Waals surface area contributed by atoms with E-state index < -0.39 is 5.91 Å². The van der Waals surface area contributed by atoms with Crippen molar-refractivity contribution in [1.82, 2.24) is 15.4 Å². The highest BCUT2D eigenvalue weighted by molar-refractivity contribution is 6.10. The number of hydrogen-bond acceptors (Lipinski definition) is 4. The lowest BCUT2D eigenvalue weighted by Gasteiger charge is -1.99. The fourth-order valence-corrected chi connectivity index (χ4v) is 2.52. The first-order valence-electron chi connectivity index (χ1n) is 6.37. The molecule has 0 bridgehead atoms. The Hall–Kier alpha value is -3.15. The second-order valence-corrected chi connectivity index (χ2v) is 4.67. The van der Waals surface area contributed by atoms with Crippen molar-refractivity contribution in [3.05, 3.63) is 48.2 Å². The zero-order chi connectivity index (χ0) is 14.4. The predicted molar refractivity (Wildman–Crippen MR) is 77.6 cm³/mol. The SMILES string of the molecule is NC(=O)c1n[nH]nc1-c1cccc2c1oc1ccccc12. The molecule has 0 fully saturated rings. The Bertz CT molecular complexity index is 984. The number of nitrogens with zero attached hydrogens (tertiary/aromatic N) is 2. The molecule has 4 aromatic rings. The van der Waals surface area contributed by atoms with Gasteiger partial charge in [0.15, 0.2) is 5.69 Å². The smallest absolute Gasteiger partial charge is 0.271 e. The molecule has 0 aliphatic heterocycles. The number of hydrogen-bond donors (Lipinski definition) is 2. The molecule has 0 saturated carbocycles. The highest BCUT2D eigenvalue weighted by Gasteiger charge is 2.19. The van der Waals surface area contributed by atoms with Crippen LogP contribution in [-0.4, -0.2) is 21.3 Å². The Morgan fingerprint density at radius 2 is 1.86 bits per heavy atom. The van der Waals surface area contributed by atoms with Gasteiger partial charge >= 0.3 is 0 Å². The van der Waals surface area contributed by atoms with Crippen LogP contribution in [0.25, 0.3) is 33.2 Å². The molecule has 0 radical (unpaired) electrons. The number of rotatable bonds is 2. The van der Waals surface area contributed by atoms with Gasteiger partial charge in [-0.05, 0) is 12.1 Å². The van der Waals surface area contributed by atoms with E-state index in [1.54, 1.807) is 0 Å². The molecule has 2 aromatic carbocycles. The van der Waals surface area contributed by atoms with Gasteiger partial charge in [0.25, 0.3) is 5.91 Å². The van der Waals surface area contributed by atoms with Gasteiger partial charge in [0, 0.05) is 16.3 Å². The van der Waals surface area contributed by atoms with Crippen molar-refractivity contribution in [3.8, 4) is 11.3 Å². The molecule has 0 saturated heterocycles. The molecule has 0 atom stereocenters. The molecule has 6 heteroatoms. The quantitative estimate of drug-likeness (QED) is 0.588. The van der Waals surface area contributed by atoms with E-state index in [4.69, 9.17) is 10.2 Å². The molecule has 0 aliphatic rings. The van der Waals surface area contributed by atoms with Gasteiger partial charge in [-0.3, -0.25) is 4.79 Å². The average molecular weight is 278 g/mol. The molecule has 2 aromatic heterocycles. The van der Waals surface area contributed by atoms with Crippen molar-refractivity contribution in [2.45, 2.75) is 0 Å². The fraction of sp³-hybridized carbons (Fsp3) is 0. The van der Waals surface area contributed by atoms with Crippen molar-refractivity contribution < 1.29 is 9.21 Å². The minimum Gasteiger partial charge on any atom is -0.455 e. The van der Waals surface area contributed by atoms with E-state index in [0.29, 0.717) is 16.8 Å². The van der Waals surface area contributed by atoms with Crippen molar-refractivity contribution in [3.63, 3.8) is 0 Å². The summed E-state index contributed by atoms with van der Waals surface area (Å²) < 4.78 is 5.91. The fourth-order valence-electron chi connectivity index (χ4n) is 2.52. The zero-order valence-corrected chi connectivity index (χ0v) is 10.8.